The number of fused-ring (bicyclic) bond motifs is 1. The molecule has 4 aromatic rings. The van der Waals surface area contributed by atoms with E-state index >= 15 is 0 Å². The van der Waals surface area contributed by atoms with Crippen molar-refractivity contribution in [2.75, 3.05) is 6.61 Å². The first-order valence-corrected chi connectivity index (χ1v) is 10.8. The van der Waals surface area contributed by atoms with E-state index in [2.05, 4.69) is 12.1 Å². The molecule has 4 rings (SSSR count). The lowest BCUT2D eigenvalue weighted by atomic mass is 10.2. The quantitative estimate of drug-likeness (QED) is 0.331. The topological polar surface area (TPSA) is 84.6 Å². The average molecular weight is 431 g/mol. The van der Waals surface area contributed by atoms with Gasteiger partial charge in [-0.1, -0.05) is 48.0 Å². The molecule has 0 radical (unpaired) electrons. The van der Waals surface area contributed by atoms with Crippen molar-refractivity contribution in [2.24, 2.45) is 0 Å². The number of unbranched alkanes of at least 4 members (excludes halogenated alkanes) is 2. The van der Waals surface area contributed by atoms with Crippen molar-refractivity contribution in [1.82, 2.24) is 9.55 Å². The molecule has 1 heterocycles. The van der Waals surface area contributed by atoms with E-state index in [0.717, 1.165) is 41.0 Å². The largest absolute Gasteiger partial charge is 0.504 e. The predicted octanol–water partition coefficient (Wildman–Crippen LogP) is 5.73. The number of hydrogen-bond donors (Lipinski definition) is 2. The molecule has 0 amide bonds. The molecule has 164 valence electrons. The molecular weight excluding hydrogens is 404 g/mol. The van der Waals surface area contributed by atoms with E-state index in [9.17, 15) is 9.90 Å². The summed E-state index contributed by atoms with van der Waals surface area (Å²) in [4.78, 5) is 15.5. The number of aromatic hydroxyl groups is 1. The number of imidazole rings is 1. The molecule has 6 heteroatoms. The Morgan fingerprint density at radius 1 is 1.00 bits per heavy atom. The van der Waals surface area contributed by atoms with Crippen molar-refractivity contribution < 1.29 is 19.7 Å². The van der Waals surface area contributed by atoms with Gasteiger partial charge in [0.15, 0.2) is 11.5 Å². The summed E-state index contributed by atoms with van der Waals surface area (Å²) in [6.45, 7) is 2.45. The minimum atomic E-state index is -0.785. The lowest BCUT2D eigenvalue weighted by Crippen LogP contribution is -2.00. The molecule has 1 aromatic heterocycles. The molecule has 0 unspecified atom stereocenters. The van der Waals surface area contributed by atoms with Gasteiger partial charge in [0.1, 0.15) is 5.82 Å². The third kappa shape index (κ3) is 4.75. The molecule has 0 spiro atoms. The van der Waals surface area contributed by atoms with Crippen LogP contribution < -0.4 is 4.74 Å². The van der Waals surface area contributed by atoms with Gasteiger partial charge in [-0.15, -0.1) is 0 Å². The Hall–Kier alpha value is -3.80. The Bertz CT molecular complexity index is 1210. The maximum Gasteiger partial charge on any atom is 0.303 e. The van der Waals surface area contributed by atoms with Gasteiger partial charge < -0.3 is 14.9 Å². The van der Waals surface area contributed by atoms with E-state index in [1.54, 1.807) is 12.1 Å². The van der Waals surface area contributed by atoms with Gasteiger partial charge in [0.25, 0.3) is 0 Å². The number of carboxylic acid groups (broad SMARTS) is 1. The van der Waals surface area contributed by atoms with Crippen LogP contribution in [-0.4, -0.2) is 32.3 Å². The number of nitrogens with zero attached hydrogens (tertiary/aromatic N) is 2. The summed E-state index contributed by atoms with van der Waals surface area (Å²) in [5.74, 6) is 0.432. The highest BCUT2D eigenvalue weighted by Gasteiger charge is 2.17. The fourth-order valence-corrected chi connectivity index (χ4v) is 3.68. The van der Waals surface area contributed by atoms with Crippen LogP contribution in [-0.2, 0) is 4.79 Å². The molecule has 0 saturated heterocycles. The van der Waals surface area contributed by atoms with Crippen LogP contribution in [0, 0.1) is 6.92 Å². The highest BCUT2D eigenvalue weighted by atomic mass is 16.5. The Labute approximate surface area is 186 Å². The van der Waals surface area contributed by atoms with E-state index in [-0.39, 0.29) is 12.2 Å². The maximum atomic E-state index is 10.6. The number of carbonyl (C=O) groups is 1. The van der Waals surface area contributed by atoms with Crippen LogP contribution in [0.1, 0.15) is 31.2 Å². The summed E-state index contributed by atoms with van der Waals surface area (Å²) >= 11 is 0. The zero-order valence-corrected chi connectivity index (χ0v) is 18.0. The molecule has 32 heavy (non-hydrogen) atoms. The number of aromatic nitrogens is 2. The second-order valence-electron chi connectivity index (χ2n) is 7.83. The first kappa shape index (κ1) is 21.4. The van der Waals surface area contributed by atoms with Gasteiger partial charge in [-0.25, -0.2) is 4.98 Å². The molecule has 0 aliphatic heterocycles. The third-order valence-electron chi connectivity index (χ3n) is 5.35. The first-order chi connectivity index (χ1) is 15.5. The summed E-state index contributed by atoms with van der Waals surface area (Å²) in [5, 5.41) is 19.3. The summed E-state index contributed by atoms with van der Waals surface area (Å²) in [5.41, 5.74) is 4.62. The van der Waals surface area contributed by atoms with Gasteiger partial charge in [-0.3, -0.25) is 9.36 Å². The second-order valence-corrected chi connectivity index (χ2v) is 7.83. The number of ether oxygens (including phenoxy) is 1. The standard InChI is InChI=1S/C26H26N2O4/c1-18-11-13-20(14-12-18)28-22-17-23(29)24(32-15-7-3-6-10-25(30)31)16-21(22)27-26(28)19-8-4-2-5-9-19/h2,4-5,8-9,11-14,16-17,29H,3,6-7,10,15H2,1H3,(H,30,31). The Balaban J connectivity index is 1.66. The molecule has 0 aliphatic rings. The number of hydrogen-bond acceptors (Lipinski definition) is 4. The molecule has 6 nitrogen and oxygen atoms in total. The minimum Gasteiger partial charge on any atom is -0.504 e. The number of benzene rings is 3. The lowest BCUT2D eigenvalue weighted by molar-refractivity contribution is -0.137. The van der Waals surface area contributed by atoms with E-state index < -0.39 is 5.97 Å². The van der Waals surface area contributed by atoms with Crippen LogP contribution in [0.25, 0.3) is 28.1 Å². The van der Waals surface area contributed by atoms with E-state index in [1.807, 2.05) is 54.0 Å². The SMILES string of the molecule is Cc1ccc(-n2c(-c3ccccc3)nc3cc(OCCCCCC(=O)O)c(O)cc32)cc1. The molecule has 2 N–H and O–H groups in total. The van der Waals surface area contributed by atoms with E-state index in [0.29, 0.717) is 18.8 Å². The highest BCUT2D eigenvalue weighted by Crippen LogP contribution is 2.36. The zero-order valence-electron chi connectivity index (χ0n) is 18.0. The summed E-state index contributed by atoms with van der Waals surface area (Å²) in [6.07, 6.45) is 2.26. The van der Waals surface area contributed by atoms with Crippen molar-refractivity contribution in [3.05, 3.63) is 72.3 Å². The molecule has 0 saturated carbocycles. The van der Waals surface area contributed by atoms with Crippen molar-refractivity contribution in [2.45, 2.75) is 32.6 Å². The number of phenolic OH excluding ortho intramolecular Hbond substituents is 1. The average Bonchev–Trinajstić information content (AvgIpc) is 3.15. The van der Waals surface area contributed by atoms with E-state index in [4.69, 9.17) is 14.8 Å². The second kappa shape index (κ2) is 9.56. The highest BCUT2D eigenvalue weighted by molar-refractivity contribution is 5.86. The number of rotatable bonds is 9. The lowest BCUT2D eigenvalue weighted by Gasteiger charge is -2.11. The van der Waals surface area contributed by atoms with Crippen molar-refractivity contribution in [3.63, 3.8) is 0 Å². The van der Waals surface area contributed by atoms with Crippen LogP contribution in [0.2, 0.25) is 0 Å². The number of phenols is 1. The Morgan fingerprint density at radius 2 is 1.75 bits per heavy atom. The molecule has 0 fully saturated rings. The normalized spacial score (nSPS) is 11.0. The molecule has 0 atom stereocenters. The van der Waals surface area contributed by atoms with Crippen LogP contribution in [0.3, 0.4) is 0 Å². The van der Waals surface area contributed by atoms with Gasteiger partial charge in [-0.05, 0) is 38.3 Å². The smallest absolute Gasteiger partial charge is 0.303 e. The third-order valence-corrected chi connectivity index (χ3v) is 5.35. The maximum absolute atomic E-state index is 10.6. The molecule has 0 bridgehead atoms. The van der Waals surface area contributed by atoms with Crippen LogP contribution in [0.15, 0.2) is 66.7 Å². The number of aryl methyl sites for hydroxylation is 1. The van der Waals surface area contributed by atoms with Gasteiger partial charge in [0.05, 0.1) is 17.6 Å². The van der Waals surface area contributed by atoms with Gasteiger partial charge >= 0.3 is 5.97 Å². The van der Waals surface area contributed by atoms with Gasteiger partial charge in [-0.2, -0.15) is 0 Å². The van der Waals surface area contributed by atoms with Crippen LogP contribution in [0.4, 0.5) is 0 Å². The van der Waals surface area contributed by atoms with Crippen LogP contribution >= 0.6 is 0 Å². The van der Waals surface area contributed by atoms with Crippen molar-refractivity contribution in [1.29, 1.82) is 0 Å². The monoisotopic (exact) mass is 430 g/mol. The predicted molar refractivity (Wildman–Crippen MR) is 125 cm³/mol. The summed E-state index contributed by atoms with van der Waals surface area (Å²) < 4.78 is 7.82. The van der Waals surface area contributed by atoms with Crippen molar-refractivity contribution in [3.8, 4) is 28.6 Å². The van der Waals surface area contributed by atoms with Gasteiger partial charge in [0, 0.05) is 29.8 Å². The fraction of sp³-hybridized carbons (Fsp3) is 0.231. The Kier molecular flexibility index (Phi) is 6.40. The summed E-state index contributed by atoms with van der Waals surface area (Å²) in [6, 6.07) is 21.6. The Morgan fingerprint density at radius 3 is 2.47 bits per heavy atom. The molecule has 3 aromatic carbocycles. The summed E-state index contributed by atoms with van der Waals surface area (Å²) in [7, 11) is 0. The number of carboxylic acids is 1. The minimum absolute atomic E-state index is 0.0518. The van der Waals surface area contributed by atoms with Crippen LogP contribution in [0.5, 0.6) is 11.5 Å². The molecular formula is C26H26N2O4. The van der Waals surface area contributed by atoms with Gasteiger partial charge in [0.2, 0.25) is 0 Å². The van der Waals surface area contributed by atoms with Crippen molar-refractivity contribution >= 4 is 17.0 Å². The molecule has 0 aliphatic carbocycles. The fourth-order valence-electron chi connectivity index (χ4n) is 3.68. The zero-order chi connectivity index (χ0) is 22.5. The van der Waals surface area contributed by atoms with E-state index in [1.165, 1.54) is 5.56 Å². The first-order valence-electron chi connectivity index (χ1n) is 10.8. The number of aliphatic carboxylic acids is 1.